The van der Waals surface area contributed by atoms with E-state index in [0.29, 0.717) is 11.4 Å². The second-order valence-electron chi connectivity index (χ2n) is 8.62. The van der Waals surface area contributed by atoms with Crippen LogP contribution < -0.4 is 22.1 Å². The second-order valence-corrected chi connectivity index (χ2v) is 8.62. The lowest BCUT2D eigenvalue weighted by Gasteiger charge is -2.33. The number of fused-ring (bicyclic) bond motifs is 1. The first-order valence-electron chi connectivity index (χ1n) is 10.8. The second kappa shape index (κ2) is 8.94. The summed E-state index contributed by atoms with van der Waals surface area (Å²) < 4.78 is 0. The molecule has 2 aliphatic rings. The summed E-state index contributed by atoms with van der Waals surface area (Å²) in [6, 6.07) is 5.80. The molecule has 2 aromatic rings. The van der Waals surface area contributed by atoms with Gasteiger partial charge < -0.3 is 21.7 Å². The summed E-state index contributed by atoms with van der Waals surface area (Å²) in [6.07, 6.45) is 1.89. The Morgan fingerprint density at radius 3 is 2.58 bits per heavy atom. The number of nitrogens with zero attached hydrogens (tertiary/aromatic N) is 6. The highest BCUT2D eigenvalue weighted by Gasteiger charge is 2.31. The molecule has 0 saturated carbocycles. The number of pyridine rings is 1. The number of nitrogens with one attached hydrogen (secondary N) is 2. The number of aryl methyl sites for hydroxylation is 1. The zero-order chi connectivity index (χ0) is 23.7. The Morgan fingerprint density at radius 1 is 1.18 bits per heavy atom. The molecule has 6 N–H and O–H groups in total. The number of nitrogen functional groups attached to an aromatic ring is 2. The van der Waals surface area contributed by atoms with Crippen LogP contribution in [0, 0.1) is 36.6 Å². The highest BCUT2D eigenvalue weighted by atomic mass is 15.2. The van der Waals surface area contributed by atoms with Crippen molar-refractivity contribution < 1.29 is 0 Å². The number of nitriles is 2. The average Bonchev–Trinajstić information content (AvgIpc) is 2.77. The SMILES string of the molecule is Cc1cc(CN2CCN(C)CC2)c(C)c(C2N=C(NC#N)Nc3nc(N)c(C#N)c(N)c32)c1. The predicted octanol–water partition coefficient (Wildman–Crippen LogP) is 1.42. The summed E-state index contributed by atoms with van der Waals surface area (Å²) in [4.78, 5) is 13.9. The Morgan fingerprint density at radius 2 is 1.91 bits per heavy atom. The largest absolute Gasteiger partial charge is 0.397 e. The Hall–Kier alpha value is -3.86. The molecule has 33 heavy (non-hydrogen) atoms. The van der Waals surface area contributed by atoms with Crippen LogP contribution in [0.1, 0.15) is 39.4 Å². The monoisotopic (exact) mass is 444 g/mol. The number of likely N-dealkylation sites (N-methyl/N-ethyl adjacent to an activating group) is 1. The molecule has 0 aliphatic carbocycles. The molecular formula is C23H28N10. The van der Waals surface area contributed by atoms with Gasteiger partial charge in [-0.3, -0.25) is 10.2 Å². The van der Waals surface area contributed by atoms with Crippen molar-refractivity contribution in [1.29, 1.82) is 10.5 Å². The Balaban J connectivity index is 1.82. The first-order valence-corrected chi connectivity index (χ1v) is 10.8. The normalized spacial score (nSPS) is 18.5. The van der Waals surface area contributed by atoms with Gasteiger partial charge in [-0.1, -0.05) is 17.7 Å². The van der Waals surface area contributed by atoms with Gasteiger partial charge in [0.25, 0.3) is 0 Å². The molecule has 170 valence electrons. The van der Waals surface area contributed by atoms with Crippen molar-refractivity contribution in [2.75, 3.05) is 50.0 Å². The van der Waals surface area contributed by atoms with Crippen LogP contribution in [0.2, 0.25) is 0 Å². The highest BCUT2D eigenvalue weighted by Crippen LogP contribution is 2.42. The fraction of sp³-hybridized carbons (Fsp3) is 0.391. The smallest absolute Gasteiger partial charge is 0.211 e. The Kier molecular flexibility index (Phi) is 6.05. The fourth-order valence-electron chi connectivity index (χ4n) is 4.46. The summed E-state index contributed by atoms with van der Waals surface area (Å²) in [7, 11) is 2.15. The van der Waals surface area contributed by atoms with Crippen LogP contribution in [0.5, 0.6) is 0 Å². The van der Waals surface area contributed by atoms with E-state index in [0.717, 1.165) is 49.4 Å². The molecule has 4 rings (SSSR count). The molecule has 0 radical (unpaired) electrons. The summed E-state index contributed by atoms with van der Waals surface area (Å²) in [5.74, 6) is 0.686. The number of aromatic nitrogens is 1. The molecule has 1 saturated heterocycles. The van der Waals surface area contributed by atoms with Gasteiger partial charge in [0, 0.05) is 38.3 Å². The van der Waals surface area contributed by atoms with Crippen molar-refractivity contribution in [2.45, 2.75) is 26.4 Å². The Bertz CT molecular complexity index is 1200. The van der Waals surface area contributed by atoms with Gasteiger partial charge in [-0.2, -0.15) is 10.5 Å². The maximum atomic E-state index is 9.57. The van der Waals surface area contributed by atoms with Crippen LogP contribution >= 0.6 is 0 Å². The predicted molar refractivity (Wildman–Crippen MR) is 128 cm³/mol. The van der Waals surface area contributed by atoms with Crippen LogP contribution in [0.3, 0.4) is 0 Å². The molecule has 10 nitrogen and oxygen atoms in total. The van der Waals surface area contributed by atoms with Gasteiger partial charge in [0.15, 0.2) is 6.19 Å². The quantitative estimate of drug-likeness (QED) is 0.406. The van der Waals surface area contributed by atoms with Crippen LogP contribution in [-0.4, -0.2) is 54.0 Å². The topological polar surface area (TPSA) is 155 Å². The maximum absolute atomic E-state index is 9.57. The number of nitrogens with two attached hydrogens (primary N) is 2. The zero-order valence-electron chi connectivity index (χ0n) is 19.1. The van der Waals surface area contributed by atoms with E-state index in [1.54, 1.807) is 0 Å². The van der Waals surface area contributed by atoms with Gasteiger partial charge in [0.05, 0.1) is 5.69 Å². The number of guanidine groups is 1. The summed E-state index contributed by atoms with van der Waals surface area (Å²) in [5, 5.41) is 24.2. The first kappa shape index (κ1) is 22.3. The summed E-state index contributed by atoms with van der Waals surface area (Å²) in [5.41, 5.74) is 17.7. The van der Waals surface area contributed by atoms with Gasteiger partial charge in [0.1, 0.15) is 29.3 Å². The number of aliphatic imine (C=N–C) groups is 1. The summed E-state index contributed by atoms with van der Waals surface area (Å²) >= 11 is 0. The maximum Gasteiger partial charge on any atom is 0.211 e. The van der Waals surface area contributed by atoms with Gasteiger partial charge in [-0.15, -0.1) is 0 Å². The van der Waals surface area contributed by atoms with Crippen molar-refractivity contribution in [1.82, 2.24) is 20.1 Å². The lowest BCUT2D eigenvalue weighted by Crippen LogP contribution is -2.44. The number of hydrogen-bond donors (Lipinski definition) is 4. The average molecular weight is 445 g/mol. The number of anilines is 3. The van der Waals surface area contributed by atoms with Crippen LogP contribution in [0.15, 0.2) is 17.1 Å². The molecule has 1 aromatic heterocycles. The number of piperazine rings is 1. The molecule has 0 amide bonds. The third-order valence-electron chi connectivity index (χ3n) is 6.34. The molecule has 0 bridgehead atoms. The van der Waals surface area contributed by atoms with Gasteiger partial charge in [-0.05, 0) is 37.6 Å². The highest BCUT2D eigenvalue weighted by molar-refractivity contribution is 5.98. The van der Waals surface area contributed by atoms with E-state index < -0.39 is 6.04 Å². The number of hydrogen-bond acceptors (Lipinski definition) is 10. The lowest BCUT2D eigenvalue weighted by molar-refractivity contribution is 0.148. The number of rotatable bonds is 3. The first-order chi connectivity index (χ1) is 15.8. The van der Waals surface area contributed by atoms with E-state index in [1.807, 2.05) is 12.3 Å². The minimum absolute atomic E-state index is 0.0370. The third-order valence-corrected chi connectivity index (χ3v) is 6.34. The van der Waals surface area contributed by atoms with Crippen molar-refractivity contribution in [3.05, 3.63) is 45.5 Å². The minimum Gasteiger partial charge on any atom is -0.397 e. The lowest BCUT2D eigenvalue weighted by atomic mass is 9.88. The van der Waals surface area contributed by atoms with E-state index in [-0.39, 0.29) is 23.0 Å². The molecular weight excluding hydrogens is 416 g/mol. The van der Waals surface area contributed by atoms with Gasteiger partial charge in [0.2, 0.25) is 5.96 Å². The van der Waals surface area contributed by atoms with Crippen molar-refractivity contribution in [3.8, 4) is 12.3 Å². The van der Waals surface area contributed by atoms with E-state index >= 15 is 0 Å². The van der Waals surface area contributed by atoms with E-state index in [9.17, 15) is 5.26 Å². The molecule has 0 spiro atoms. The zero-order valence-corrected chi connectivity index (χ0v) is 19.1. The third kappa shape index (κ3) is 4.27. The molecule has 1 fully saturated rings. The van der Waals surface area contributed by atoms with E-state index in [2.05, 4.69) is 58.4 Å². The van der Waals surface area contributed by atoms with E-state index in [4.69, 9.17) is 21.7 Å². The fourth-order valence-corrected chi connectivity index (χ4v) is 4.46. The standard InChI is InChI=1S/C23H28N10/c1-13-8-15(11-33-6-4-32(3)5-7-33)14(2)16(9-13)20-18-19(26)17(10-24)21(27)30-22(18)31-23(29-20)28-12-25/h8-9,20H,4-7,11H2,1-3H3,(H6,26,27,28,29,30,31). The number of benzene rings is 1. The van der Waals surface area contributed by atoms with Crippen molar-refractivity contribution >= 4 is 23.3 Å². The van der Waals surface area contributed by atoms with Crippen molar-refractivity contribution in [2.24, 2.45) is 4.99 Å². The minimum atomic E-state index is -0.538. The van der Waals surface area contributed by atoms with Crippen molar-refractivity contribution in [3.63, 3.8) is 0 Å². The molecule has 1 unspecified atom stereocenters. The molecule has 1 atom stereocenters. The molecule has 2 aliphatic heterocycles. The Labute approximate surface area is 193 Å². The van der Waals surface area contributed by atoms with Gasteiger partial charge >= 0.3 is 0 Å². The summed E-state index contributed by atoms with van der Waals surface area (Å²) in [6.45, 7) is 9.12. The van der Waals surface area contributed by atoms with E-state index in [1.165, 1.54) is 5.56 Å². The molecule has 1 aromatic carbocycles. The van der Waals surface area contributed by atoms with Crippen LogP contribution in [0.25, 0.3) is 0 Å². The molecule has 10 heteroatoms. The van der Waals surface area contributed by atoms with Crippen LogP contribution in [0.4, 0.5) is 17.3 Å². The van der Waals surface area contributed by atoms with Gasteiger partial charge in [-0.25, -0.2) is 9.98 Å². The van der Waals surface area contributed by atoms with Crippen LogP contribution in [-0.2, 0) is 6.54 Å². The molecule has 3 heterocycles.